The van der Waals surface area contributed by atoms with Crippen LogP contribution < -0.4 is 0 Å². The molecule has 0 unspecified atom stereocenters. The zero-order chi connectivity index (χ0) is 13.3. The smallest absolute Gasteiger partial charge is 0.462 e. The second-order valence-corrected chi connectivity index (χ2v) is 6.26. The first-order valence-electron chi connectivity index (χ1n) is 5.82. The van der Waals surface area contributed by atoms with E-state index in [2.05, 4.69) is 6.58 Å². The minimum absolute atomic E-state index is 0.0949. The van der Waals surface area contributed by atoms with Crippen molar-refractivity contribution in [1.82, 2.24) is 0 Å². The standard InChI is InChI=1S/C11H22O5Si/c1-10(2)11(12)16-8-6-4-3-5-7-9-17(13,14)15/h13-15H,1,3-9H2,2H3. The van der Waals surface area contributed by atoms with E-state index < -0.39 is 8.80 Å². The fourth-order valence-electron chi connectivity index (χ4n) is 1.28. The lowest BCUT2D eigenvalue weighted by molar-refractivity contribution is -0.139. The Bertz CT molecular complexity index is 247. The molecule has 0 aliphatic carbocycles. The van der Waals surface area contributed by atoms with E-state index in [1.807, 2.05) is 0 Å². The molecule has 0 aromatic heterocycles. The summed E-state index contributed by atoms with van der Waals surface area (Å²) in [5.41, 5.74) is 0.403. The van der Waals surface area contributed by atoms with Crippen LogP contribution in [0.15, 0.2) is 12.2 Å². The molecule has 0 atom stereocenters. The Labute approximate surface area is 103 Å². The molecule has 0 saturated heterocycles. The molecule has 0 aromatic carbocycles. The summed E-state index contributed by atoms with van der Waals surface area (Å²) in [6.45, 7) is 5.48. The molecule has 0 aliphatic rings. The monoisotopic (exact) mass is 262 g/mol. The number of unbranched alkanes of at least 4 members (excludes halogenated alkanes) is 4. The highest BCUT2D eigenvalue weighted by atomic mass is 28.4. The summed E-state index contributed by atoms with van der Waals surface area (Å²) in [4.78, 5) is 37.3. The van der Waals surface area contributed by atoms with Crippen molar-refractivity contribution in [2.24, 2.45) is 0 Å². The minimum Gasteiger partial charge on any atom is -0.462 e. The summed E-state index contributed by atoms with van der Waals surface area (Å²) >= 11 is 0. The normalized spacial score (nSPS) is 11.3. The molecule has 0 bridgehead atoms. The Morgan fingerprint density at radius 3 is 2.18 bits per heavy atom. The van der Waals surface area contributed by atoms with Gasteiger partial charge >= 0.3 is 14.8 Å². The average molecular weight is 262 g/mol. The molecule has 0 amide bonds. The Kier molecular flexibility index (Phi) is 8.06. The van der Waals surface area contributed by atoms with Crippen molar-refractivity contribution < 1.29 is 23.9 Å². The van der Waals surface area contributed by atoms with Gasteiger partial charge in [-0.05, 0) is 19.8 Å². The van der Waals surface area contributed by atoms with E-state index in [-0.39, 0.29) is 12.0 Å². The fourth-order valence-corrected chi connectivity index (χ4v) is 2.01. The predicted octanol–water partition coefficient (Wildman–Crippen LogP) is 0.972. The summed E-state index contributed by atoms with van der Waals surface area (Å²) in [7, 11) is -3.84. The first-order chi connectivity index (χ1) is 7.83. The molecule has 0 radical (unpaired) electrons. The largest absolute Gasteiger partial charge is 0.492 e. The van der Waals surface area contributed by atoms with E-state index in [1.165, 1.54) is 0 Å². The van der Waals surface area contributed by atoms with Crippen LogP contribution in [0.2, 0.25) is 6.04 Å². The predicted molar refractivity (Wildman–Crippen MR) is 66.1 cm³/mol. The van der Waals surface area contributed by atoms with Crippen molar-refractivity contribution in [2.75, 3.05) is 6.61 Å². The summed E-state index contributed by atoms with van der Waals surface area (Å²) in [5, 5.41) is 0. The van der Waals surface area contributed by atoms with Gasteiger partial charge in [0.05, 0.1) is 6.61 Å². The maximum Gasteiger partial charge on any atom is 0.492 e. The molecular weight excluding hydrogens is 240 g/mol. The Morgan fingerprint density at radius 1 is 1.12 bits per heavy atom. The fraction of sp³-hybridized carbons (Fsp3) is 0.727. The molecular formula is C11H22O5Si. The van der Waals surface area contributed by atoms with Crippen LogP contribution in [0.5, 0.6) is 0 Å². The van der Waals surface area contributed by atoms with Gasteiger partial charge in [0.1, 0.15) is 0 Å². The quantitative estimate of drug-likeness (QED) is 0.249. The van der Waals surface area contributed by atoms with Crippen LogP contribution in [0.4, 0.5) is 0 Å². The van der Waals surface area contributed by atoms with Crippen molar-refractivity contribution in [1.29, 1.82) is 0 Å². The van der Waals surface area contributed by atoms with Crippen LogP contribution in [0, 0.1) is 0 Å². The van der Waals surface area contributed by atoms with Gasteiger partial charge in [-0.15, -0.1) is 0 Å². The molecule has 17 heavy (non-hydrogen) atoms. The van der Waals surface area contributed by atoms with Gasteiger partial charge in [0.2, 0.25) is 0 Å². The van der Waals surface area contributed by atoms with Crippen LogP contribution in [0.3, 0.4) is 0 Å². The van der Waals surface area contributed by atoms with Crippen molar-refractivity contribution in [3.63, 3.8) is 0 Å². The lowest BCUT2D eigenvalue weighted by Crippen LogP contribution is -2.33. The minimum atomic E-state index is -3.84. The van der Waals surface area contributed by atoms with Crippen LogP contribution in [-0.4, -0.2) is 35.8 Å². The van der Waals surface area contributed by atoms with Gasteiger partial charge < -0.3 is 19.1 Å². The molecule has 0 aromatic rings. The van der Waals surface area contributed by atoms with Crippen LogP contribution in [-0.2, 0) is 9.53 Å². The maximum absolute atomic E-state index is 11.0. The van der Waals surface area contributed by atoms with Crippen molar-refractivity contribution in [2.45, 2.75) is 45.1 Å². The first kappa shape index (κ1) is 16.3. The third-order valence-corrected chi connectivity index (χ3v) is 3.26. The topological polar surface area (TPSA) is 87.0 Å². The third-order valence-electron chi connectivity index (χ3n) is 2.24. The van der Waals surface area contributed by atoms with Crippen molar-refractivity contribution in [3.05, 3.63) is 12.2 Å². The lowest BCUT2D eigenvalue weighted by Gasteiger charge is -2.08. The summed E-state index contributed by atoms with van der Waals surface area (Å²) < 4.78 is 4.91. The van der Waals surface area contributed by atoms with Crippen LogP contribution in [0.1, 0.15) is 39.0 Å². The number of ether oxygens (including phenoxy) is 1. The molecule has 0 spiro atoms. The number of esters is 1. The van der Waals surface area contributed by atoms with Gasteiger partial charge in [-0.25, -0.2) is 4.79 Å². The summed E-state index contributed by atoms with van der Waals surface area (Å²) in [6.07, 6.45) is 4.08. The third kappa shape index (κ3) is 11.6. The molecule has 0 heterocycles. The Morgan fingerprint density at radius 2 is 1.65 bits per heavy atom. The van der Waals surface area contributed by atoms with E-state index in [0.29, 0.717) is 18.6 Å². The SMILES string of the molecule is C=C(C)C(=O)OCCCCCCC[Si](O)(O)O. The van der Waals surface area contributed by atoms with E-state index in [9.17, 15) is 4.79 Å². The van der Waals surface area contributed by atoms with E-state index >= 15 is 0 Å². The highest BCUT2D eigenvalue weighted by Crippen LogP contribution is 2.09. The van der Waals surface area contributed by atoms with Crippen molar-refractivity contribution >= 4 is 14.8 Å². The van der Waals surface area contributed by atoms with Crippen LogP contribution >= 0.6 is 0 Å². The molecule has 0 rings (SSSR count). The molecule has 0 aliphatic heterocycles. The van der Waals surface area contributed by atoms with Gasteiger partial charge in [0.15, 0.2) is 0 Å². The number of hydrogen-bond donors (Lipinski definition) is 3. The zero-order valence-corrected chi connectivity index (χ0v) is 11.3. The van der Waals surface area contributed by atoms with Gasteiger partial charge in [0, 0.05) is 11.6 Å². The average Bonchev–Trinajstić information content (AvgIpc) is 2.19. The molecule has 100 valence electrons. The maximum atomic E-state index is 11.0. The van der Waals surface area contributed by atoms with Gasteiger partial charge in [0.25, 0.3) is 0 Å². The summed E-state index contributed by atoms with van der Waals surface area (Å²) in [5.74, 6) is -0.360. The molecule has 3 N–H and O–H groups in total. The first-order valence-corrected chi connectivity index (χ1v) is 7.87. The van der Waals surface area contributed by atoms with E-state index in [1.54, 1.807) is 6.92 Å². The lowest BCUT2D eigenvalue weighted by atomic mass is 10.2. The molecule has 0 saturated carbocycles. The molecule has 0 fully saturated rings. The molecule has 5 nitrogen and oxygen atoms in total. The van der Waals surface area contributed by atoms with Gasteiger partial charge in [-0.3, -0.25) is 0 Å². The van der Waals surface area contributed by atoms with Gasteiger partial charge in [-0.2, -0.15) is 0 Å². The Hall–Kier alpha value is -0.693. The highest BCUT2D eigenvalue weighted by molar-refractivity contribution is 6.56. The van der Waals surface area contributed by atoms with Crippen molar-refractivity contribution in [3.8, 4) is 0 Å². The van der Waals surface area contributed by atoms with Gasteiger partial charge in [-0.1, -0.05) is 25.8 Å². The number of carbonyl (C=O) groups is 1. The Balaban J connectivity index is 3.25. The zero-order valence-electron chi connectivity index (χ0n) is 10.3. The highest BCUT2D eigenvalue weighted by Gasteiger charge is 2.25. The van der Waals surface area contributed by atoms with E-state index in [4.69, 9.17) is 19.1 Å². The number of carbonyl (C=O) groups excluding carboxylic acids is 1. The summed E-state index contributed by atoms with van der Waals surface area (Å²) in [6, 6.07) is 0.0949. The second kappa shape index (κ2) is 8.41. The van der Waals surface area contributed by atoms with Crippen LogP contribution in [0.25, 0.3) is 0 Å². The second-order valence-electron chi connectivity index (χ2n) is 4.21. The number of rotatable bonds is 9. The molecule has 6 heteroatoms. The van der Waals surface area contributed by atoms with E-state index in [0.717, 1.165) is 25.7 Å². The number of hydrogen-bond acceptors (Lipinski definition) is 5.